The van der Waals surface area contributed by atoms with Gasteiger partial charge in [-0.1, -0.05) is 6.92 Å². The van der Waals surface area contributed by atoms with Gasteiger partial charge in [-0.3, -0.25) is 9.59 Å². The zero-order valence-electron chi connectivity index (χ0n) is 8.45. The van der Waals surface area contributed by atoms with E-state index in [-0.39, 0.29) is 17.5 Å². The molecule has 1 saturated carbocycles. The lowest BCUT2D eigenvalue weighted by atomic mass is 10.1. The van der Waals surface area contributed by atoms with E-state index < -0.39 is 0 Å². The predicted molar refractivity (Wildman–Crippen MR) is 51.3 cm³/mol. The minimum absolute atomic E-state index is 0.0579. The number of amides is 2. The van der Waals surface area contributed by atoms with Gasteiger partial charge >= 0.3 is 0 Å². The number of nitrogens with zero attached hydrogens (tertiary/aromatic N) is 1. The van der Waals surface area contributed by atoms with E-state index in [0.717, 1.165) is 32.2 Å². The normalized spacial score (nSPS) is 28.6. The third-order valence-electron chi connectivity index (χ3n) is 3.29. The number of carbonyl (C=O) groups is 2. The van der Waals surface area contributed by atoms with Gasteiger partial charge in [0.15, 0.2) is 0 Å². The number of hydrogen-bond acceptors (Lipinski definition) is 2. The molecule has 1 unspecified atom stereocenters. The lowest BCUT2D eigenvalue weighted by Crippen LogP contribution is -2.46. The summed E-state index contributed by atoms with van der Waals surface area (Å²) >= 11 is 0. The Morgan fingerprint density at radius 3 is 2.86 bits per heavy atom. The molecule has 4 heteroatoms. The summed E-state index contributed by atoms with van der Waals surface area (Å²) in [4.78, 5) is 24.2. The first-order chi connectivity index (χ1) is 6.67. The van der Waals surface area contributed by atoms with Crippen LogP contribution in [0.1, 0.15) is 32.6 Å². The molecule has 14 heavy (non-hydrogen) atoms. The molecule has 0 bridgehead atoms. The lowest BCUT2D eigenvalue weighted by Gasteiger charge is -2.26. The van der Waals surface area contributed by atoms with Crippen molar-refractivity contribution in [2.24, 2.45) is 5.41 Å². The first-order valence-corrected chi connectivity index (χ1v) is 5.18. The molecule has 78 valence electrons. The molecule has 0 aromatic rings. The number of rotatable bonds is 3. The van der Waals surface area contributed by atoms with Crippen molar-refractivity contribution in [1.29, 1.82) is 0 Å². The van der Waals surface area contributed by atoms with Crippen molar-refractivity contribution in [2.45, 2.75) is 38.8 Å². The van der Waals surface area contributed by atoms with E-state index in [1.54, 1.807) is 0 Å². The second-order valence-corrected chi connectivity index (χ2v) is 4.50. The quantitative estimate of drug-likeness (QED) is 0.667. The fourth-order valence-electron chi connectivity index (χ4n) is 2.01. The highest BCUT2D eigenvalue weighted by Gasteiger charge is 2.49. The van der Waals surface area contributed by atoms with E-state index in [4.69, 9.17) is 0 Å². The van der Waals surface area contributed by atoms with Crippen molar-refractivity contribution < 1.29 is 9.59 Å². The minimum Gasteiger partial charge on any atom is -0.338 e. The van der Waals surface area contributed by atoms with Crippen LogP contribution in [0.2, 0.25) is 0 Å². The van der Waals surface area contributed by atoms with Crippen molar-refractivity contribution in [3.63, 3.8) is 0 Å². The zero-order chi connectivity index (χ0) is 10.2. The van der Waals surface area contributed by atoms with Crippen LogP contribution < -0.4 is 5.32 Å². The van der Waals surface area contributed by atoms with E-state index in [0.29, 0.717) is 6.41 Å². The first-order valence-electron chi connectivity index (χ1n) is 5.18. The summed E-state index contributed by atoms with van der Waals surface area (Å²) in [5, 5.41) is 2.70. The summed E-state index contributed by atoms with van der Waals surface area (Å²) in [7, 11) is 0. The van der Waals surface area contributed by atoms with E-state index in [2.05, 4.69) is 5.32 Å². The highest BCUT2D eigenvalue weighted by Crippen LogP contribution is 2.47. The molecular weight excluding hydrogens is 180 g/mol. The molecule has 1 heterocycles. The number of likely N-dealkylation sites (tertiary alicyclic amines) is 1. The van der Waals surface area contributed by atoms with Crippen molar-refractivity contribution in [2.75, 3.05) is 6.54 Å². The second kappa shape index (κ2) is 3.26. The maximum atomic E-state index is 12.0. The van der Waals surface area contributed by atoms with Crippen LogP contribution in [0.3, 0.4) is 0 Å². The Hall–Kier alpha value is -1.06. The first kappa shape index (κ1) is 9.49. The van der Waals surface area contributed by atoms with Gasteiger partial charge in [0.2, 0.25) is 12.3 Å². The topological polar surface area (TPSA) is 49.4 Å². The third-order valence-corrected chi connectivity index (χ3v) is 3.29. The molecule has 1 aliphatic heterocycles. The van der Waals surface area contributed by atoms with Gasteiger partial charge < -0.3 is 10.2 Å². The number of hydrogen-bond donors (Lipinski definition) is 1. The standard InChI is InChI=1S/C10H16N2O2/c1-10(4-5-10)9(14)12-6-2-3-8(12)11-7-13/h7-8H,2-6H2,1H3,(H,11,13). The Bertz CT molecular complexity index is 261. The van der Waals surface area contributed by atoms with E-state index in [1.807, 2.05) is 11.8 Å². The van der Waals surface area contributed by atoms with E-state index in [9.17, 15) is 9.59 Å². The SMILES string of the molecule is CC1(C(=O)N2CCCC2NC=O)CC1. The summed E-state index contributed by atoms with van der Waals surface area (Å²) in [6, 6.07) is 0. The minimum atomic E-state index is -0.118. The van der Waals surface area contributed by atoms with Crippen LogP contribution in [-0.4, -0.2) is 29.9 Å². The summed E-state index contributed by atoms with van der Waals surface area (Å²) in [6.45, 7) is 2.80. The van der Waals surface area contributed by atoms with Crippen LogP contribution in [-0.2, 0) is 9.59 Å². The molecular formula is C10H16N2O2. The van der Waals surface area contributed by atoms with Gasteiger partial charge in [0.05, 0.1) is 0 Å². The van der Waals surface area contributed by atoms with Gasteiger partial charge in [0.1, 0.15) is 6.17 Å². The van der Waals surface area contributed by atoms with Crippen LogP contribution >= 0.6 is 0 Å². The average Bonchev–Trinajstić information content (AvgIpc) is 2.76. The average molecular weight is 196 g/mol. The molecule has 0 aromatic heterocycles. The summed E-state index contributed by atoms with van der Waals surface area (Å²) in [5.74, 6) is 0.217. The number of carbonyl (C=O) groups excluding carboxylic acids is 2. The highest BCUT2D eigenvalue weighted by molar-refractivity contribution is 5.85. The monoisotopic (exact) mass is 196 g/mol. The Morgan fingerprint density at radius 1 is 1.57 bits per heavy atom. The maximum Gasteiger partial charge on any atom is 0.230 e. The fraction of sp³-hybridized carbons (Fsp3) is 0.800. The van der Waals surface area contributed by atoms with Gasteiger partial charge in [0, 0.05) is 12.0 Å². The summed E-state index contributed by atoms with van der Waals surface area (Å²) in [6.07, 6.45) is 4.50. The smallest absolute Gasteiger partial charge is 0.230 e. The van der Waals surface area contributed by atoms with Crippen LogP contribution in [0.15, 0.2) is 0 Å². The Morgan fingerprint density at radius 2 is 2.29 bits per heavy atom. The van der Waals surface area contributed by atoms with Crippen molar-refractivity contribution in [1.82, 2.24) is 10.2 Å². The molecule has 0 aromatic carbocycles. The van der Waals surface area contributed by atoms with E-state index >= 15 is 0 Å². The van der Waals surface area contributed by atoms with Crippen LogP contribution in [0.25, 0.3) is 0 Å². The van der Waals surface area contributed by atoms with Crippen LogP contribution in [0.5, 0.6) is 0 Å². The summed E-state index contributed by atoms with van der Waals surface area (Å²) < 4.78 is 0. The molecule has 0 spiro atoms. The molecule has 2 fully saturated rings. The third kappa shape index (κ3) is 1.49. The molecule has 0 radical (unpaired) electrons. The Balaban J connectivity index is 2.01. The molecule has 1 N–H and O–H groups in total. The van der Waals surface area contributed by atoms with Crippen LogP contribution in [0.4, 0.5) is 0 Å². The number of nitrogens with one attached hydrogen (secondary N) is 1. The van der Waals surface area contributed by atoms with Crippen molar-refractivity contribution in [3.05, 3.63) is 0 Å². The predicted octanol–water partition coefficient (Wildman–Crippen LogP) is 0.481. The summed E-state index contributed by atoms with van der Waals surface area (Å²) in [5.41, 5.74) is -0.118. The van der Waals surface area contributed by atoms with E-state index in [1.165, 1.54) is 0 Å². The Kier molecular flexibility index (Phi) is 2.21. The van der Waals surface area contributed by atoms with Gasteiger partial charge in [-0.25, -0.2) is 0 Å². The largest absolute Gasteiger partial charge is 0.338 e. The fourth-order valence-corrected chi connectivity index (χ4v) is 2.01. The van der Waals surface area contributed by atoms with Gasteiger partial charge in [-0.15, -0.1) is 0 Å². The second-order valence-electron chi connectivity index (χ2n) is 4.50. The Labute approximate surface area is 83.6 Å². The van der Waals surface area contributed by atoms with Gasteiger partial charge in [-0.2, -0.15) is 0 Å². The molecule has 1 atom stereocenters. The molecule has 4 nitrogen and oxygen atoms in total. The van der Waals surface area contributed by atoms with Gasteiger partial charge in [-0.05, 0) is 25.7 Å². The molecule has 2 amide bonds. The molecule has 1 aliphatic carbocycles. The molecule has 2 rings (SSSR count). The van der Waals surface area contributed by atoms with Gasteiger partial charge in [0.25, 0.3) is 0 Å². The van der Waals surface area contributed by atoms with Crippen molar-refractivity contribution in [3.8, 4) is 0 Å². The molecule has 2 aliphatic rings. The highest BCUT2D eigenvalue weighted by atomic mass is 16.2. The zero-order valence-corrected chi connectivity index (χ0v) is 8.45. The van der Waals surface area contributed by atoms with Crippen molar-refractivity contribution >= 4 is 12.3 Å². The molecule has 1 saturated heterocycles. The maximum absolute atomic E-state index is 12.0. The lowest BCUT2D eigenvalue weighted by molar-refractivity contribution is -0.138. The van der Waals surface area contributed by atoms with Crippen LogP contribution in [0, 0.1) is 5.41 Å².